The van der Waals surface area contributed by atoms with Crippen molar-refractivity contribution in [3.05, 3.63) is 96.6 Å². The van der Waals surface area contributed by atoms with Gasteiger partial charge < -0.3 is 14.5 Å². The van der Waals surface area contributed by atoms with Crippen molar-refractivity contribution in [3.63, 3.8) is 0 Å². The predicted molar refractivity (Wildman–Crippen MR) is 147 cm³/mol. The van der Waals surface area contributed by atoms with Gasteiger partial charge >= 0.3 is 0 Å². The summed E-state index contributed by atoms with van der Waals surface area (Å²) in [6.07, 6.45) is 0.371. The molecule has 1 saturated heterocycles. The number of benzene rings is 4. The van der Waals surface area contributed by atoms with E-state index in [-0.39, 0.29) is 10.8 Å². The van der Waals surface area contributed by atoms with Crippen LogP contribution < -0.4 is 14.4 Å². The van der Waals surface area contributed by atoms with Crippen molar-refractivity contribution < 1.29 is 17.9 Å². The maximum absolute atomic E-state index is 12.9. The number of hydrogen-bond donors (Lipinski definition) is 1. The van der Waals surface area contributed by atoms with E-state index in [4.69, 9.17) is 4.74 Å². The van der Waals surface area contributed by atoms with Crippen LogP contribution in [-0.4, -0.2) is 52.5 Å². The summed E-state index contributed by atoms with van der Waals surface area (Å²) >= 11 is 0. The number of carbonyl (C=O) groups excluding carboxylic acids is 1. The van der Waals surface area contributed by atoms with Crippen LogP contribution in [-0.2, 0) is 21.2 Å². The van der Waals surface area contributed by atoms with Crippen LogP contribution in [0.5, 0.6) is 5.75 Å². The fourth-order valence-corrected chi connectivity index (χ4v) is 5.63. The van der Waals surface area contributed by atoms with E-state index in [0.29, 0.717) is 25.2 Å². The van der Waals surface area contributed by atoms with Gasteiger partial charge in [0, 0.05) is 37.6 Å². The smallest absolute Gasteiger partial charge is 0.261 e. The predicted octanol–water partition coefficient (Wildman–Crippen LogP) is 4.54. The van der Waals surface area contributed by atoms with Crippen LogP contribution in [0, 0.1) is 0 Å². The van der Waals surface area contributed by atoms with Crippen molar-refractivity contribution in [1.82, 2.24) is 4.90 Å². The molecule has 0 atom stereocenters. The van der Waals surface area contributed by atoms with Gasteiger partial charge in [0.25, 0.3) is 10.0 Å². The van der Waals surface area contributed by atoms with Crippen LogP contribution in [0.15, 0.2) is 95.9 Å². The highest BCUT2D eigenvalue weighted by atomic mass is 32.2. The minimum atomic E-state index is -3.70. The van der Waals surface area contributed by atoms with Gasteiger partial charge in [0.1, 0.15) is 5.75 Å². The Kier molecular flexibility index (Phi) is 7.01. The number of amides is 1. The van der Waals surface area contributed by atoms with Crippen LogP contribution in [0.3, 0.4) is 0 Å². The molecule has 8 heteroatoms. The summed E-state index contributed by atoms with van der Waals surface area (Å²) < 4.78 is 33.7. The summed E-state index contributed by atoms with van der Waals surface area (Å²) in [6.45, 7) is 2.73. The number of carbonyl (C=O) groups is 1. The Labute approximate surface area is 217 Å². The van der Waals surface area contributed by atoms with Crippen LogP contribution in [0.2, 0.25) is 0 Å². The number of sulfonamides is 1. The van der Waals surface area contributed by atoms with Crippen molar-refractivity contribution in [3.8, 4) is 5.75 Å². The van der Waals surface area contributed by atoms with Crippen LogP contribution >= 0.6 is 0 Å². The van der Waals surface area contributed by atoms with Crippen molar-refractivity contribution >= 4 is 38.1 Å². The number of nitrogens with zero attached hydrogens (tertiary/aromatic N) is 2. The minimum absolute atomic E-state index is 0.114. The Morgan fingerprint density at radius 2 is 1.51 bits per heavy atom. The molecular formula is C29H29N3O4S. The molecule has 1 aliphatic heterocycles. The largest absolute Gasteiger partial charge is 0.497 e. The molecular weight excluding hydrogens is 486 g/mol. The molecule has 1 amide bonds. The lowest BCUT2D eigenvalue weighted by Crippen LogP contribution is -2.49. The topological polar surface area (TPSA) is 79.0 Å². The van der Waals surface area contributed by atoms with Crippen molar-refractivity contribution in [2.24, 2.45) is 0 Å². The summed E-state index contributed by atoms with van der Waals surface area (Å²) in [5.41, 5.74) is 2.47. The zero-order chi connectivity index (χ0) is 25.8. The van der Waals surface area contributed by atoms with E-state index in [1.165, 1.54) is 0 Å². The van der Waals surface area contributed by atoms with Gasteiger partial charge in [0.05, 0.1) is 18.4 Å². The second kappa shape index (κ2) is 10.5. The summed E-state index contributed by atoms with van der Waals surface area (Å²) in [4.78, 5) is 17.1. The normalized spacial score (nSPS) is 14.0. The molecule has 190 valence electrons. The van der Waals surface area contributed by atoms with Crippen molar-refractivity contribution in [2.75, 3.05) is 42.9 Å². The molecule has 0 saturated carbocycles. The monoisotopic (exact) mass is 515 g/mol. The maximum atomic E-state index is 12.9. The zero-order valence-corrected chi connectivity index (χ0v) is 21.4. The molecule has 0 bridgehead atoms. The minimum Gasteiger partial charge on any atom is -0.497 e. The Morgan fingerprint density at radius 1 is 0.838 bits per heavy atom. The summed E-state index contributed by atoms with van der Waals surface area (Å²) in [7, 11) is -2.08. The van der Waals surface area contributed by atoms with Crippen LogP contribution in [0.1, 0.15) is 5.56 Å². The number of methoxy groups -OCH3 is 1. The highest BCUT2D eigenvalue weighted by Crippen LogP contribution is 2.24. The highest BCUT2D eigenvalue weighted by molar-refractivity contribution is 7.92. The van der Waals surface area contributed by atoms with Gasteiger partial charge in [-0.25, -0.2) is 8.42 Å². The van der Waals surface area contributed by atoms with E-state index in [1.807, 2.05) is 71.6 Å². The molecule has 1 fully saturated rings. The van der Waals surface area contributed by atoms with Gasteiger partial charge in [0.15, 0.2) is 0 Å². The number of nitrogens with one attached hydrogen (secondary N) is 1. The van der Waals surface area contributed by atoms with Gasteiger partial charge in [0.2, 0.25) is 5.91 Å². The maximum Gasteiger partial charge on any atom is 0.261 e. The fourth-order valence-electron chi connectivity index (χ4n) is 4.53. The van der Waals surface area contributed by atoms with Gasteiger partial charge in [-0.3, -0.25) is 9.52 Å². The molecule has 4 aromatic carbocycles. The standard InChI is InChI=1S/C29H29N3O4S/c1-36-27-13-6-22(7-14-27)20-29(33)32-18-16-31(17-19-32)26-11-9-25(10-12-26)30-37(34,35)28-15-8-23-4-2-3-5-24(23)21-28/h2-15,21,30H,16-20H2,1H3. The Morgan fingerprint density at radius 3 is 2.19 bits per heavy atom. The number of ether oxygens (including phenoxy) is 1. The molecule has 4 aromatic rings. The van der Waals surface area contributed by atoms with Gasteiger partial charge in [-0.2, -0.15) is 0 Å². The lowest BCUT2D eigenvalue weighted by atomic mass is 10.1. The third-order valence-electron chi connectivity index (χ3n) is 6.66. The molecule has 1 aliphatic rings. The average Bonchev–Trinajstić information content (AvgIpc) is 2.93. The molecule has 1 heterocycles. The first-order chi connectivity index (χ1) is 17.9. The first kappa shape index (κ1) is 24.6. The van der Waals surface area contributed by atoms with Gasteiger partial charge in [-0.05, 0) is 64.9 Å². The van der Waals surface area contributed by atoms with Crippen LogP contribution in [0.25, 0.3) is 10.8 Å². The summed E-state index contributed by atoms with van der Waals surface area (Å²) in [5, 5.41) is 1.87. The molecule has 0 radical (unpaired) electrons. The summed E-state index contributed by atoms with van der Waals surface area (Å²) in [5.74, 6) is 0.889. The van der Waals surface area contributed by atoms with E-state index < -0.39 is 10.0 Å². The third-order valence-corrected chi connectivity index (χ3v) is 8.04. The molecule has 0 aliphatic carbocycles. The number of piperazine rings is 1. The quantitative estimate of drug-likeness (QED) is 0.391. The van der Waals surface area contributed by atoms with Crippen LogP contribution in [0.4, 0.5) is 11.4 Å². The molecule has 0 aromatic heterocycles. The SMILES string of the molecule is COc1ccc(CC(=O)N2CCN(c3ccc(NS(=O)(=O)c4ccc5ccccc5c4)cc3)CC2)cc1. The first-order valence-electron chi connectivity index (χ1n) is 12.2. The van der Waals surface area contributed by atoms with E-state index >= 15 is 0 Å². The molecule has 0 spiro atoms. The Hall–Kier alpha value is -4.04. The lowest BCUT2D eigenvalue weighted by molar-refractivity contribution is -0.130. The zero-order valence-electron chi connectivity index (χ0n) is 20.6. The third kappa shape index (κ3) is 5.70. The fraction of sp³-hybridized carbons (Fsp3) is 0.207. The highest BCUT2D eigenvalue weighted by Gasteiger charge is 2.22. The van der Waals surface area contributed by atoms with Gasteiger partial charge in [-0.1, -0.05) is 42.5 Å². The van der Waals surface area contributed by atoms with Crippen molar-refractivity contribution in [1.29, 1.82) is 0 Å². The Balaban J connectivity index is 1.17. The van der Waals surface area contributed by atoms with E-state index in [2.05, 4.69) is 9.62 Å². The van der Waals surface area contributed by atoms with Crippen molar-refractivity contribution in [2.45, 2.75) is 11.3 Å². The second-order valence-corrected chi connectivity index (χ2v) is 10.7. The molecule has 37 heavy (non-hydrogen) atoms. The van der Waals surface area contributed by atoms with E-state index in [9.17, 15) is 13.2 Å². The van der Waals surface area contributed by atoms with E-state index in [1.54, 1.807) is 31.4 Å². The molecule has 1 N–H and O–H groups in total. The Bertz CT molecular complexity index is 1490. The first-order valence-corrected chi connectivity index (χ1v) is 13.7. The van der Waals surface area contributed by atoms with Gasteiger partial charge in [-0.15, -0.1) is 0 Å². The molecule has 0 unspecified atom stereocenters. The molecule has 7 nitrogen and oxygen atoms in total. The number of rotatable bonds is 7. The molecule has 5 rings (SSSR count). The van der Waals surface area contributed by atoms with E-state index in [0.717, 1.165) is 40.9 Å². The lowest BCUT2D eigenvalue weighted by Gasteiger charge is -2.36. The number of anilines is 2. The number of hydrogen-bond acceptors (Lipinski definition) is 5. The summed E-state index contributed by atoms with van der Waals surface area (Å²) in [6, 6.07) is 27.7. The number of fused-ring (bicyclic) bond motifs is 1. The second-order valence-electron chi connectivity index (χ2n) is 9.05. The average molecular weight is 516 g/mol.